The number of amides is 1. The van der Waals surface area contributed by atoms with Gasteiger partial charge < -0.3 is 10.2 Å². The average molecular weight is 422 g/mol. The van der Waals surface area contributed by atoms with E-state index in [9.17, 15) is 9.18 Å². The second kappa shape index (κ2) is 8.81. The maximum atomic E-state index is 13.3. The van der Waals surface area contributed by atoms with E-state index in [0.717, 1.165) is 17.8 Å². The zero-order chi connectivity index (χ0) is 18.8. The summed E-state index contributed by atoms with van der Waals surface area (Å²) in [6.07, 6.45) is 0.975. The van der Waals surface area contributed by atoms with E-state index < -0.39 is 0 Å². The van der Waals surface area contributed by atoms with Gasteiger partial charge in [0.2, 0.25) is 5.82 Å². The van der Waals surface area contributed by atoms with Crippen molar-refractivity contribution in [2.75, 3.05) is 26.7 Å². The Morgan fingerprint density at radius 1 is 1.32 bits per heavy atom. The fraction of sp³-hybridized carbons (Fsp3) is 0.316. The van der Waals surface area contributed by atoms with E-state index >= 15 is 0 Å². The lowest BCUT2D eigenvalue weighted by molar-refractivity contribution is 0.0775. The Bertz CT molecular complexity index is 928. The van der Waals surface area contributed by atoms with E-state index in [2.05, 4.69) is 15.4 Å². The van der Waals surface area contributed by atoms with Crippen LogP contribution in [0.5, 0.6) is 0 Å². The number of aromatic nitrogens is 3. The maximum Gasteiger partial charge on any atom is 0.293 e. The van der Waals surface area contributed by atoms with Gasteiger partial charge in [-0.2, -0.15) is 0 Å². The number of halogens is 2. The Morgan fingerprint density at radius 3 is 2.79 bits per heavy atom. The number of thiophene rings is 1. The highest BCUT2D eigenvalue weighted by molar-refractivity contribution is 7.13. The molecular weight excluding hydrogens is 401 g/mol. The second-order valence-electron chi connectivity index (χ2n) is 6.59. The lowest BCUT2D eigenvalue weighted by atomic mass is 10.1. The van der Waals surface area contributed by atoms with Crippen LogP contribution >= 0.6 is 23.7 Å². The molecular formula is C19H21ClFN5OS. The average Bonchev–Trinajstić information content (AvgIpc) is 3.42. The first-order chi connectivity index (χ1) is 13.2. The van der Waals surface area contributed by atoms with Crippen LogP contribution in [0, 0.1) is 11.7 Å². The van der Waals surface area contributed by atoms with Crippen LogP contribution < -0.4 is 5.32 Å². The number of nitrogens with one attached hydrogen (secondary N) is 1. The molecule has 2 aromatic heterocycles. The SMILES string of the molecule is CNCC1CCN(C(=O)c2nc(-c3cccs3)n(-c3ccc(F)cc3)n2)C1.Cl. The van der Waals surface area contributed by atoms with Crippen LogP contribution in [0.25, 0.3) is 16.4 Å². The first kappa shape index (κ1) is 20.4. The Labute approximate surface area is 172 Å². The zero-order valence-electron chi connectivity index (χ0n) is 15.3. The minimum atomic E-state index is -0.319. The summed E-state index contributed by atoms with van der Waals surface area (Å²) in [5.41, 5.74) is 0.667. The highest BCUT2D eigenvalue weighted by Crippen LogP contribution is 2.26. The first-order valence-corrected chi connectivity index (χ1v) is 9.74. The predicted molar refractivity (Wildman–Crippen MR) is 110 cm³/mol. The van der Waals surface area contributed by atoms with E-state index in [1.54, 1.807) is 16.8 Å². The van der Waals surface area contributed by atoms with Gasteiger partial charge in [0.1, 0.15) is 5.82 Å². The number of hydrogen-bond donors (Lipinski definition) is 1. The van der Waals surface area contributed by atoms with Gasteiger partial charge in [-0.3, -0.25) is 4.79 Å². The van der Waals surface area contributed by atoms with Crippen LogP contribution in [-0.2, 0) is 0 Å². The summed E-state index contributed by atoms with van der Waals surface area (Å²) in [4.78, 5) is 20.2. The van der Waals surface area contributed by atoms with Gasteiger partial charge in [-0.1, -0.05) is 6.07 Å². The smallest absolute Gasteiger partial charge is 0.293 e. The second-order valence-corrected chi connectivity index (χ2v) is 7.54. The fourth-order valence-electron chi connectivity index (χ4n) is 3.34. The zero-order valence-corrected chi connectivity index (χ0v) is 17.0. The van der Waals surface area contributed by atoms with Crippen molar-refractivity contribution >= 4 is 29.7 Å². The summed E-state index contributed by atoms with van der Waals surface area (Å²) in [5, 5.41) is 9.58. The number of carbonyl (C=O) groups is 1. The number of nitrogens with zero attached hydrogens (tertiary/aromatic N) is 4. The molecule has 1 aliphatic heterocycles. The van der Waals surface area contributed by atoms with Crippen molar-refractivity contribution < 1.29 is 9.18 Å². The number of benzene rings is 1. The number of carbonyl (C=O) groups excluding carboxylic acids is 1. The van der Waals surface area contributed by atoms with E-state index in [1.807, 2.05) is 29.5 Å². The van der Waals surface area contributed by atoms with Crippen molar-refractivity contribution in [2.45, 2.75) is 6.42 Å². The monoisotopic (exact) mass is 421 g/mol. The Kier molecular flexibility index (Phi) is 6.43. The fourth-order valence-corrected chi connectivity index (χ4v) is 4.04. The van der Waals surface area contributed by atoms with Crippen molar-refractivity contribution in [3.05, 3.63) is 53.4 Å². The molecule has 1 N–H and O–H groups in total. The summed E-state index contributed by atoms with van der Waals surface area (Å²) >= 11 is 1.52. The van der Waals surface area contributed by atoms with Crippen LogP contribution in [-0.4, -0.2) is 52.3 Å². The minimum Gasteiger partial charge on any atom is -0.336 e. The molecule has 3 aromatic rings. The van der Waals surface area contributed by atoms with Crippen LogP contribution in [0.15, 0.2) is 41.8 Å². The Balaban J connectivity index is 0.00000225. The van der Waals surface area contributed by atoms with Gasteiger partial charge in [-0.05, 0) is 61.6 Å². The molecule has 1 saturated heterocycles. The van der Waals surface area contributed by atoms with E-state index in [1.165, 1.54) is 23.5 Å². The molecule has 6 nitrogen and oxygen atoms in total. The van der Waals surface area contributed by atoms with E-state index in [-0.39, 0.29) is 30.0 Å². The molecule has 148 valence electrons. The molecule has 1 unspecified atom stereocenters. The van der Waals surface area contributed by atoms with Crippen molar-refractivity contribution in [1.29, 1.82) is 0 Å². The standard InChI is InChI=1S/C19H20FN5OS.ClH/c1-21-11-13-8-9-24(12-13)19(26)17-22-18(16-3-2-10-27-16)25(23-17)15-6-4-14(20)5-7-15;/h2-7,10,13,21H,8-9,11-12H2,1H3;1H. The molecule has 0 bridgehead atoms. The Hall–Kier alpha value is -2.29. The third-order valence-electron chi connectivity index (χ3n) is 4.68. The molecule has 4 rings (SSSR count). The molecule has 0 aliphatic carbocycles. The highest BCUT2D eigenvalue weighted by atomic mass is 35.5. The Morgan fingerprint density at radius 2 is 2.11 bits per heavy atom. The summed E-state index contributed by atoms with van der Waals surface area (Å²) in [6, 6.07) is 9.87. The van der Waals surface area contributed by atoms with Crippen molar-refractivity contribution in [1.82, 2.24) is 25.0 Å². The molecule has 0 radical (unpaired) electrons. The lowest BCUT2D eigenvalue weighted by Crippen LogP contribution is -2.31. The molecule has 1 aliphatic rings. The molecule has 3 heterocycles. The minimum absolute atomic E-state index is 0. The summed E-state index contributed by atoms with van der Waals surface area (Å²) in [5.74, 6) is 0.737. The third-order valence-corrected chi connectivity index (χ3v) is 5.54. The van der Waals surface area contributed by atoms with Gasteiger partial charge in [-0.25, -0.2) is 14.1 Å². The van der Waals surface area contributed by atoms with Gasteiger partial charge in [0.25, 0.3) is 5.91 Å². The molecule has 0 spiro atoms. The van der Waals surface area contributed by atoms with Crippen LogP contribution in [0.1, 0.15) is 17.0 Å². The summed E-state index contributed by atoms with van der Waals surface area (Å²) in [6.45, 7) is 2.31. The molecule has 1 atom stereocenters. The normalized spacial score (nSPS) is 16.2. The molecule has 1 aromatic carbocycles. The van der Waals surface area contributed by atoms with Gasteiger partial charge in [0.05, 0.1) is 10.6 Å². The largest absolute Gasteiger partial charge is 0.336 e. The van der Waals surface area contributed by atoms with Crippen molar-refractivity contribution in [2.24, 2.45) is 5.92 Å². The van der Waals surface area contributed by atoms with E-state index in [0.29, 0.717) is 30.5 Å². The molecule has 1 amide bonds. The topological polar surface area (TPSA) is 63.1 Å². The quantitative estimate of drug-likeness (QED) is 0.687. The highest BCUT2D eigenvalue weighted by Gasteiger charge is 2.30. The van der Waals surface area contributed by atoms with Crippen LogP contribution in [0.2, 0.25) is 0 Å². The molecule has 9 heteroatoms. The number of hydrogen-bond acceptors (Lipinski definition) is 5. The van der Waals surface area contributed by atoms with Crippen LogP contribution in [0.3, 0.4) is 0 Å². The third kappa shape index (κ3) is 4.09. The first-order valence-electron chi connectivity index (χ1n) is 8.86. The van der Waals surface area contributed by atoms with Crippen LogP contribution in [0.4, 0.5) is 4.39 Å². The maximum absolute atomic E-state index is 13.3. The molecule has 28 heavy (non-hydrogen) atoms. The van der Waals surface area contributed by atoms with Gasteiger partial charge in [-0.15, -0.1) is 28.8 Å². The van der Waals surface area contributed by atoms with Gasteiger partial charge in [0.15, 0.2) is 5.82 Å². The lowest BCUT2D eigenvalue weighted by Gasteiger charge is -2.14. The van der Waals surface area contributed by atoms with E-state index in [4.69, 9.17) is 0 Å². The van der Waals surface area contributed by atoms with Crippen molar-refractivity contribution in [3.63, 3.8) is 0 Å². The summed E-state index contributed by atoms with van der Waals surface area (Å²) in [7, 11) is 1.92. The van der Waals surface area contributed by atoms with Gasteiger partial charge >= 0.3 is 0 Å². The molecule has 0 saturated carbocycles. The number of rotatable bonds is 5. The van der Waals surface area contributed by atoms with Gasteiger partial charge in [0, 0.05) is 13.1 Å². The summed E-state index contributed by atoms with van der Waals surface area (Å²) < 4.78 is 14.9. The number of likely N-dealkylation sites (tertiary alicyclic amines) is 1. The van der Waals surface area contributed by atoms with Crippen molar-refractivity contribution in [3.8, 4) is 16.4 Å². The molecule has 1 fully saturated rings. The predicted octanol–water partition coefficient (Wildman–Crippen LogP) is 3.24.